The SMILES string of the molecule is Cc1ccc(S(=O)(=O)Nc2ccc(Nc3ccc(-n4nc(C)c(C)c4C)nn3)cc2)cc1. The van der Waals surface area contributed by atoms with E-state index in [1.807, 2.05) is 39.8 Å². The predicted octanol–water partition coefficient (Wildman–Crippen LogP) is 4.44. The van der Waals surface area contributed by atoms with Gasteiger partial charge in [0.2, 0.25) is 0 Å². The first-order valence-corrected chi connectivity index (χ1v) is 11.5. The van der Waals surface area contributed by atoms with Gasteiger partial charge in [0.1, 0.15) is 0 Å². The molecule has 2 N–H and O–H groups in total. The Kier molecular flexibility index (Phi) is 5.67. The van der Waals surface area contributed by atoms with Crippen LogP contribution in [0, 0.1) is 27.7 Å². The summed E-state index contributed by atoms with van der Waals surface area (Å²) in [4.78, 5) is 0.221. The summed E-state index contributed by atoms with van der Waals surface area (Å²) in [5, 5.41) is 16.1. The molecule has 32 heavy (non-hydrogen) atoms. The van der Waals surface area contributed by atoms with E-state index in [-0.39, 0.29) is 4.90 Å². The van der Waals surface area contributed by atoms with Crippen LogP contribution in [0.5, 0.6) is 0 Å². The molecule has 0 bridgehead atoms. The van der Waals surface area contributed by atoms with Gasteiger partial charge in [0, 0.05) is 17.1 Å². The second-order valence-corrected chi connectivity index (χ2v) is 9.29. The topological polar surface area (TPSA) is 102 Å². The number of nitrogens with zero attached hydrogens (tertiary/aromatic N) is 4. The van der Waals surface area contributed by atoms with Crippen LogP contribution in [-0.4, -0.2) is 28.4 Å². The second kappa shape index (κ2) is 8.43. The minimum absolute atomic E-state index is 0.221. The van der Waals surface area contributed by atoms with Crippen LogP contribution in [0.25, 0.3) is 5.82 Å². The average molecular weight is 449 g/mol. The number of nitrogens with one attached hydrogen (secondary N) is 2. The first-order valence-electron chi connectivity index (χ1n) is 10.1. The van der Waals surface area contributed by atoms with Crippen LogP contribution in [0.4, 0.5) is 17.2 Å². The smallest absolute Gasteiger partial charge is 0.261 e. The van der Waals surface area contributed by atoms with Crippen molar-refractivity contribution in [3.8, 4) is 5.82 Å². The first kappa shape index (κ1) is 21.5. The fourth-order valence-electron chi connectivity index (χ4n) is 3.15. The molecule has 0 aliphatic heterocycles. The number of hydrogen-bond acceptors (Lipinski definition) is 6. The number of anilines is 3. The third kappa shape index (κ3) is 4.47. The molecule has 0 saturated heterocycles. The van der Waals surface area contributed by atoms with Crippen LogP contribution < -0.4 is 10.0 Å². The molecule has 9 heteroatoms. The van der Waals surface area contributed by atoms with Crippen molar-refractivity contribution >= 4 is 27.2 Å². The third-order valence-corrected chi connectivity index (χ3v) is 6.66. The number of aryl methyl sites for hydroxylation is 2. The van der Waals surface area contributed by atoms with E-state index in [2.05, 4.69) is 25.3 Å². The Balaban J connectivity index is 1.44. The van der Waals surface area contributed by atoms with Crippen molar-refractivity contribution in [1.29, 1.82) is 0 Å². The molecule has 4 aromatic rings. The molecule has 0 unspecified atom stereocenters. The maximum atomic E-state index is 12.5. The molecule has 0 saturated carbocycles. The van der Waals surface area contributed by atoms with Crippen molar-refractivity contribution in [2.24, 2.45) is 0 Å². The van der Waals surface area contributed by atoms with Gasteiger partial charge >= 0.3 is 0 Å². The van der Waals surface area contributed by atoms with E-state index in [1.54, 1.807) is 53.2 Å². The summed E-state index contributed by atoms with van der Waals surface area (Å²) in [5.74, 6) is 1.21. The number of hydrogen-bond donors (Lipinski definition) is 2. The van der Waals surface area contributed by atoms with Crippen molar-refractivity contribution in [1.82, 2.24) is 20.0 Å². The Bertz CT molecular complexity index is 1340. The Morgan fingerprint density at radius 2 is 1.44 bits per heavy atom. The summed E-state index contributed by atoms with van der Waals surface area (Å²) in [6.45, 7) is 7.90. The molecule has 4 rings (SSSR count). The van der Waals surface area contributed by atoms with Gasteiger partial charge in [-0.3, -0.25) is 4.72 Å². The van der Waals surface area contributed by atoms with Gasteiger partial charge in [0.05, 0.1) is 10.6 Å². The zero-order valence-electron chi connectivity index (χ0n) is 18.3. The van der Waals surface area contributed by atoms with Crippen molar-refractivity contribution in [2.45, 2.75) is 32.6 Å². The van der Waals surface area contributed by atoms with Crippen LogP contribution in [0.2, 0.25) is 0 Å². The maximum absolute atomic E-state index is 12.5. The summed E-state index contributed by atoms with van der Waals surface area (Å²) in [5.41, 5.74) is 5.35. The lowest BCUT2D eigenvalue weighted by molar-refractivity contribution is 0.601. The Morgan fingerprint density at radius 3 is 2.00 bits per heavy atom. The minimum Gasteiger partial charge on any atom is -0.339 e. The van der Waals surface area contributed by atoms with Gasteiger partial charge in [0.15, 0.2) is 11.6 Å². The Labute approximate surface area is 187 Å². The quantitative estimate of drug-likeness (QED) is 0.452. The van der Waals surface area contributed by atoms with Gasteiger partial charge < -0.3 is 5.32 Å². The van der Waals surface area contributed by atoms with Gasteiger partial charge in [-0.15, -0.1) is 10.2 Å². The number of sulfonamides is 1. The Hall–Kier alpha value is -3.72. The number of benzene rings is 2. The Morgan fingerprint density at radius 1 is 0.781 bits per heavy atom. The van der Waals surface area contributed by atoms with E-state index >= 15 is 0 Å². The standard InChI is InChI=1S/C23H24N6O2S/c1-15-5-11-21(12-6-15)32(30,31)28-20-9-7-19(8-10-20)24-22-13-14-23(26-25-22)29-18(4)16(2)17(3)27-29/h5-14,28H,1-4H3,(H,24,25). The molecule has 0 amide bonds. The monoisotopic (exact) mass is 448 g/mol. The molecule has 0 fully saturated rings. The van der Waals surface area contributed by atoms with Crippen molar-refractivity contribution < 1.29 is 8.42 Å². The molecule has 2 aromatic carbocycles. The van der Waals surface area contributed by atoms with E-state index in [0.29, 0.717) is 17.3 Å². The van der Waals surface area contributed by atoms with Crippen LogP contribution in [0.1, 0.15) is 22.5 Å². The predicted molar refractivity (Wildman–Crippen MR) is 125 cm³/mol. The highest BCUT2D eigenvalue weighted by molar-refractivity contribution is 7.92. The average Bonchev–Trinajstić information content (AvgIpc) is 3.03. The number of rotatable bonds is 6. The lowest BCUT2D eigenvalue weighted by atomic mass is 10.2. The summed E-state index contributed by atoms with van der Waals surface area (Å²) in [6.07, 6.45) is 0. The zero-order chi connectivity index (χ0) is 22.9. The zero-order valence-corrected chi connectivity index (χ0v) is 19.1. The summed E-state index contributed by atoms with van der Waals surface area (Å²) >= 11 is 0. The van der Waals surface area contributed by atoms with Gasteiger partial charge in [-0.1, -0.05) is 17.7 Å². The minimum atomic E-state index is -3.64. The molecule has 0 aliphatic rings. The first-order chi connectivity index (χ1) is 15.2. The summed E-state index contributed by atoms with van der Waals surface area (Å²) in [7, 11) is -3.64. The second-order valence-electron chi connectivity index (χ2n) is 7.61. The largest absolute Gasteiger partial charge is 0.339 e. The molecular weight excluding hydrogens is 424 g/mol. The third-order valence-electron chi connectivity index (χ3n) is 5.26. The normalized spacial score (nSPS) is 11.4. The van der Waals surface area contributed by atoms with Gasteiger partial charge in [-0.2, -0.15) is 5.10 Å². The van der Waals surface area contributed by atoms with Crippen LogP contribution in [0.3, 0.4) is 0 Å². The molecule has 0 atom stereocenters. The molecule has 164 valence electrons. The van der Waals surface area contributed by atoms with Gasteiger partial charge in [0.25, 0.3) is 10.0 Å². The fraction of sp³-hybridized carbons (Fsp3) is 0.174. The molecule has 8 nitrogen and oxygen atoms in total. The lowest BCUT2D eigenvalue weighted by Crippen LogP contribution is -2.12. The molecule has 2 aromatic heterocycles. The van der Waals surface area contributed by atoms with Gasteiger partial charge in [-0.05, 0) is 81.8 Å². The van der Waals surface area contributed by atoms with Crippen LogP contribution in [-0.2, 0) is 10.0 Å². The van der Waals surface area contributed by atoms with Crippen LogP contribution >= 0.6 is 0 Å². The van der Waals surface area contributed by atoms with E-state index in [4.69, 9.17) is 0 Å². The summed E-state index contributed by atoms with van der Waals surface area (Å²) in [6, 6.07) is 17.3. The highest BCUT2D eigenvalue weighted by atomic mass is 32.2. The van der Waals surface area contributed by atoms with Crippen molar-refractivity contribution in [2.75, 3.05) is 10.0 Å². The van der Waals surface area contributed by atoms with E-state index < -0.39 is 10.0 Å². The maximum Gasteiger partial charge on any atom is 0.261 e. The summed E-state index contributed by atoms with van der Waals surface area (Å²) < 4.78 is 29.4. The van der Waals surface area contributed by atoms with Crippen LogP contribution in [0.15, 0.2) is 65.6 Å². The van der Waals surface area contributed by atoms with E-state index in [1.165, 1.54) is 0 Å². The lowest BCUT2D eigenvalue weighted by Gasteiger charge is -2.10. The number of aromatic nitrogens is 4. The molecule has 0 aliphatic carbocycles. The van der Waals surface area contributed by atoms with Crippen molar-refractivity contribution in [3.63, 3.8) is 0 Å². The van der Waals surface area contributed by atoms with E-state index in [9.17, 15) is 8.42 Å². The van der Waals surface area contributed by atoms with Crippen molar-refractivity contribution in [3.05, 3.63) is 83.2 Å². The fourth-order valence-corrected chi connectivity index (χ4v) is 4.21. The molecule has 2 heterocycles. The molecular formula is C23H24N6O2S. The molecule has 0 radical (unpaired) electrons. The van der Waals surface area contributed by atoms with E-state index in [0.717, 1.165) is 28.2 Å². The highest BCUT2D eigenvalue weighted by Crippen LogP contribution is 2.21. The van der Waals surface area contributed by atoms with Gasteiger partial charge in [-0.25, -0.2) is 13.1 Å². The highest BCUT2D eigenvalue weighted by Gasteiger charge is 2.14. The molecule has 0 spiro atoms.